The van der Waals surface area contributed by atoms with Crippen molar-refractivity contribution in [2.75, 3.05) is 13.2 Å². The maximum atomic E-state index is 11.9. The summed E-state index contributed by atoms with van der Waals surface area (Å²) < 4.78 is 10.7. The third-order valence-electron chi connectivity index (χ3n) is 3.42. The van der Waals surface area contributed by atoms with Crippen molar-refractivity contribution in [3.8, 4) is 5.75 Å². The molecule has 1 atom stereocenters. The van der Waals surface area contributed by atoms with Crippen LogP contribution in [0.3, 0.4) is 0 Å². The largest absolute Gasteiger partial charge is 0.484 e. The van der Waals surface area contributed by atoms with Gasteiger partial charge in [0.2, 0.25) is 0 Å². The van der Waals surface area contributed by atoms with Gasteiger partial charge in [0, 0.05) is 0 Å². The van der Waals surface area contributed by atoms with Gasteiger partial charge in [0.05, 0.1) is 13.2 Å². The molecule has 0 aliphatic rings. The lowest BCUT2D eigenvalue weighted by molar-refractivity contribution is -0.144. The number of amides is 1. The van der Waals surface area contributed by atoms with Crippen molar-refractivity contribution in [1.29, 1.82) is 0 Å². The van der Waals surface area contributed by atoms with Crippen molar-refractivity contribution < 1.29 is 24.2 Å². The first kappa shape index (κ1) is 18.5. The lowest BCUT2D eigenvalue weighted by Crippen LogP contribution is -2.45. The van der Waals surface area contributed by atoms with Crippen LogP contribution in [-0.2, 0) is 20.9 Å². The summed E-state index contributed by atoms with van der Waals surface area (Å²) >= 11 is 0. The van der Waals surface area contributed by atoms with Crippen LogP contribution in [0.1, 0.15) is 11.1 Å². The highest BCUT2D eigenvalue weighted by Gasteiger charge is 2.20. The van der Waals surface area contributed by atoms with Crippen molar-refractivity contribution in [3.63, 3.8) is 0 Å². The van der Waals surface area contributed by atoms with E-state index in [9.17, 15) is 14.7 Å². The predicted octanol–water partition coefficient (Wildman–Crippen LogP) is 2.16. The summed E-state index contributed by atoms with van der Waals surface area (Å²) in [6, 6.07) is 15.5. The first-order valence-corrected chi connectivity index (χ1v) is 7.88. The normalized spacial score (nSPS) is 11.6. The molecule has 25 heavy (non-hydrogen) atoms. The molecule has 2 rings (SSSR count). The van der Waals surface area contributed by atoms with Crippen molar-refractivity contribution in [1.82, 2.24) is 5.32 Å². The lowest BCUT2D eigenvalue weighted by Gasteiger charge is -2.15. The van der Waals surface area contributed by atoms with E-state index in [0.717, 1.165) is 11.1 Å². The molecule has 0 unspecified atom stereocenters. The van der Waals surface area contributed by atoms with Gasteiger partial charge in [-0.05, 0) is 24.6 Å². The molecule has 0 heterocycles. The number of aliphatic carboxylic acids is 1. The third kappa shape index (κ3) is 6.64. The molecule has 0 aromatic heterocycles. The van der Waals surface area contributed by atoms with Gasteiger partial charge in [0.15, 0.2) is 12.6 Å². The summed E-state index contributed by atoms with van der Waals surface area (Å²) in [7, 11) is 0. The Morgan fingerprint density at radius 1 is 1.08 bits per heavy atom. The monoisotopic (exact) mass is 343 g/mol. The Labute approximate surface area is 146 Å². The molecule has 0 aliphatic carbocycles. The van der Waals surface area contributed by atoms with Crippen molar-refractivity contribution in [2.45, 2.75) is 19.6 Å². The Kier molecular flexibility index (Phi) is 6.98. The number of nitrogens with one attached hydrogen (secondary N) is 1. The summed E-state index contributed by atoms with van der Waals surface area (Å²) in [5.74, 6) is -1.12. The van der Waals surface area contributed by atoms with Crippen LogP contribution in [0.15, 0.2) is 54.6 Å². The fourth-order valence-electron chi connectivity index (χ4n) is 2.06. The average molecular weight is 343 g/mol. The number of benzene rings is 2. The Balaban J connectivity index is 1.76. The van der Waals surface area contributed by atoms with E-state index in [-0.39, 0.29) is 19.8 Å². The molecule has 6 nitrogen and oxygen atoms in total. The van der Waals surface area contributed by atoms with Gasteiger partial charge in [-0.25, -0.2) is 4.79 Å². The fourth-order valence-corrected chi connectivity index (χ4v) is 2.06. The van der Waals surface area contributed by atoms with E-state index in [4.69, 9.17) is 9.47 Å². The highest BCUT2D eigenvalue weighted by Crippen LogP contribution is 2.11. The van der Waals surface area contributed by atoms with Gasteiger partial charge in [0.25, 0.3) is 5.91 Å². The molecule has 0 saturated heterocycles. The van der Waals surface area contributed by atoms with E-state index in [2.05, 4.69) is 5.32 Å². The van der Waals surface area contributed by atoms with Crippen LogP contribution in [0, 0.1) is 6.92 Å². The van der Waals surface area contributed by atoms with Crippen molar-refractivity contribution >= 4 is 11.9 Å². The Morgan fingerprint density at radius 2 is 1.76 bits per heavy atom. The van der Waals surface area contributed by atoms with E-state index in [1.807, 2.05) is 49.4 Å². The molecule has 0 radical (unpaired) electrons. The summed E-state index contributed by atoms with van der Waals surface area (Å²) in [6.07, 6.45) is 0. The van der Waals surface area contributed by atoms with E-state index < -0.39 is 17.9 Å². The second-order valence-electron chi connectivity index (χ2n) is 5.56. The molecular weight excluding hydrogens is 322 g/mol. The first-order chi connectivity index (χ1) is 12.0. The number of carbonyl (C=O) groups is 2. The molecular formula is C19H21NO5. The molecule has 0 saturated carbocycles. The summed E-state index contributed by atoms with van der Waals surface area (Å²) in [4.78, 5) is 23.1. The zero-order valence-electron chi connectivity index (χ0n) is 14.0. The van der Waals surface area contributed by atoms with Crippen LogP contribution in [-0.4, -0.2) is 36.2 Å². The third-order valence-corrected chi connectivity index (χ3v) is 3.42. The van der Waals surface area contributed by atoms with Gasteiger partial charge in [-0.15, -0.1) is 0 Å². The molecule has 0 fully saturated rings. The number of carboxylic acids is 1. The topological polar surface area (TPSA) is 84.9 Å². The summed E-state index contributed by atoms with van der Waals surface area (Å²) in [6.45, 7) is 1.84. The second kappa shape index (κ2) is 9.44. The number of hydrogen-bond donors (Lipinski definition) is 2. The summed E-state index contributed by atoms with van der Waals surface area (Å²) in [5, 5.41) is 11.6. The quantitative estimate of drug-likeness (QED) is 0.729. The van der Waals surface area contributed by atoms with Crippen LogP contribution in [0.25, 0.3) is 0 Å². The Morgan fingerprint density at radius 3 is 2.40 bits per heavy atom. The van der Waals surface area contributed by atoms with E-state index in [1.54, 1.807) is 12.1 Å². The number of aryl methyl sites for hydroxylation is 1. The standard InChI is InChI=1S/C19H21NO5/c1-14-7-9-16(10-8-14)25-13-18(21)20-17(19(22)23)12-24-11-15-5-3-2-4-6-15/h2-10,17H,11-13H2,1H3,(H,20,21)(H,22,23)/t17-/m1/s1. The molecule has 0 aliphatic heterocycles. The highest BCUT2D eigenvalue weighted by atomic mass is 16.5. The molecule has 0 bridgehead atoms. The van der Waals surface area contributed by atoms with Crippen LogP contribution in [0.2, 0.25) is 0 Å². The van der Waals surface area contributed by atoms with E-state index in [0.29, 0.717) is 5.75 Å². The number of carbonyl (C=O) groups excluding carboxylic acids is 1. The number of rotatable bonds is 9. The highest BCUT2D eigenvalue weighted by molar-refractivity contribution is 5.84. The van der Waals surface area contributed by atoms with Gasteiger partial charge in [-0.1, -0.05) is 48.0 Å². The smallest absolute Gasteiger partial charge is 0.328 e. The van der Waals surface area contributed by atoms with E-state index in [1.165, 1.54) is 0 Å². The molecule has 1 amide bonds. The van der Waals surface area contributed by atoms with Crippen molar-refractivity contribution in [3.05, 3.63) is 65.7 Å². The van der Waals surface area contributed by atoms with Gasteiger partial charge in [0.1, 0.15) is 5.75 Å². The second-order valence-corrected chi connectivity index (χ2v) is 5.56. The summed E-state index contributed by atoms with van der Waals surface area (Å²) in [5.41, 5.74) is 2.01. The fraction of sp³-hybridized carbons (Fsp3) is 0.263. The van der Waals surface area contributed by atoms with Crippen LogP contribution < -0.4 is 10.1 Å². The maximum absolute atomic E-state index is 11.9. The van der Waals surface area contributed by atoms with Crippen LogP contribution >= 0.6 is 0 Å². The Bertz CT molecular complexity index is 685. The lowest BCUT2D eigenvalue weighted by atomic mass is 10.2. The molecule has 2 aromatic rings. The van der Waals surface area contributed by atoms with Gasteiger partial charge >= 0.3 is 5.97 Å². The zero-order valence-corrected chi connectivity index (χ0v) is 14.0. The number of ether oxygens (including phenoxy) is 2. The minimum atomic E-state index is -1.16. The predicted molar refractivity (Wildman–Crippen MR) is 92.3 cm³/mol. The molecule has 2 aromatic carbocycles. The number of carboxylic acid groups (broad SMARTS) is 1. The van der Waals surface area contributed by atoms with Gasteiger partial charge < -0.3 is 19.9 Å². The van der Waals surface area contributed by atoms with Crippen molar-refractivity contribution in [2.24, 2.45) is 0 Å². The SMILES string of the molecule is Cc1ccc(OCC(=O)N[C@H](COCc2ccccc2)C(=O)O)cc1. The molecule has 6 heteroatoms. The van der Waals surface area contributed by atoms with Gasteiger partial charge in [-0.3, -0.25) is 4.79 Å². The molecule has 0 spiro atoms. The first-order valence-electron chi connectivity index (χ1n) is 7.88. The maximum Gasteiger partial charge on any atom is 0.328 e. The Hall–Kier alpha value is -2.86. The number of hydrogen-bond acceptors (Lipinski definition) is 4. The molecule has 132 valence electrons. The molecule has 2 N–H and O–H groups in total. The van der Waals surface area contributed by atoms with Crippen LogP contribution in [0.4, 0.5) is 0 Å². The van der Waals surface area contributed by atoms with Gasteiger partial charge in [-0.2, -0.15) is 0 Å². The van der Waals surface area contributed by atoms with Crippen LogP contribution in [0.5, 0.6) is 5.75 Å². The minimum Gasteiger partial charge on any atom is -0.484 e. The van der Waals surface area contributed by atoms with E-state index >= 15 is 0 Å². The average Bonchev–Trinajstić information content (AvgIpc) is 2.61. The zero-order chi connectivity index (χ0) is 18.1. The minimum absolute atomic E-state index is 0.125.